The van der Waals surface area contributed by atoms with E-state index in [1.807, 2.05) is 18.5 Å². The van der Waals surface area contributed by atoms with Gasteiger partial charge in [0.15, 0.2) is 0 Å². The maximum Gasteiger partial charge on any atom is 0.203 e. The lowest BCUT2D eigenvalue weighted by Crippen LogP contribution is -2.12. The normalized spacial score (nSPS) is 10.9. The van der Waals surface area contributed by atoms with Gasteiger partial charge in [-0.05, 0) is 13.3 Å². The van der Waals surface area contributed by atoms with Crippen molar-refractivity contribution in [1.29, 1.82) is 0 Å². The monoisotopic (exact) mass is 278 g/mol. The summed E-state index contributed by atoms with van der Waals surface area (Å²) in [5.41, 5.74) is 1.01. The minimum Gasteiger partial charge on any atom is -0.385 e. The predicted octanol–water partition coefficient (Wildman–Crippen LogP) is 1.01. The molecule has 7 nitrogen and oxygen atoms in total. The first kappa shape index (κ1) is 14.5. The van der Waals surface area contributed by atoms with Crippen molar-refractivity contribution in [3.05, 3.63) is 24.0 Å². The molecule has 0 atom stereocenters. The number of rotatable bonds is 8. The molecule has 0 aliphatic carbocycles. The first-order valence-electron chi connectivity index (χ1n) is 6.80. The zero-order chi connectivity index (χ0) is 14.4. The number of hydrogen-bond donors (Lipinski definition) is 1. The highest BCUT2D eigenvalue weighted by Crippen LogP contribution is 2.09. The molecule has 0 amide bonds. The van der Waals surface area contributed by atoms with Gasteiger partial charge in [0.1, 0.15) is 12.2 Å². The number of imidazole rings is 1. The maximum absolute atomic E-state index is 5.04. The average molecular weight is 278 g/mol. The van der Waals surface area contributed by atoms with E-state index in [2.05, 4.69) is 31.3 Å². The predicted molar refractivity (Wildman–Crippen MR) is 76.7 cm³/mol. The van der Waals surface area contributed by atoms with Crippen molar-refractivity contribution in [2.24, 2.45) is 7.05 Å². The summed E-state index contributed by atoms with van der Waals surface area (Å²) in [6.45, 7) is 4.44. The number of methoxy groups -OCH3 is 1. The van der Waals surface area contributed by atoms with Crippen molar-refractivity contribution in [3.8, 4) is 0 Å². The van der Waals surface area contributed by atoms with E-state index in [1.165, 1.54) is 0 Å². The molecule has 0 saturated carbocycles. The Labute approximate surface area is 119 Å². The Balaban J connectivity index is 1.91. The minimum atomic E-state index is 0.756. The van der Waals surface area contributed by atoms with Crippen molar-refractivity contribution in [3.63, 3.8) is 0 Å². The Morgan fingerprint density at radius 3 is 2.95 bits per heavy atom. The fourth-order valence-corrected chi connectivity index (χ4v) is 2.03. The lowest BCUT2D eigenvalue weighted by molar-refractivity contribution is 0.197. The van der Waals surface area contributed by atoms with Crippen LogP contribution < -0.4 is 5.32 Å². The van der Waals surface area contributed by atoms with Gasteiger partial charge < -0.3 is 19.2 Å². The molecular weight excluding hydrogens is 256 g/mol. The van der Waals surface area contributed by atoms with Gasteiger partial charge in [-0.1, -0.05) is 0 Å². The summed E-state index contributed by atoms with van der Waals surface area (Å²) in [6.07, 6.45) is 5.57. The van der Waals surface area contributed by atoms with Crippen molar-refractivity contribution in [2.75, 3.05) is 25.6 Å². The Morgan fingerprint density at radius 1 is 1.40 bits per heavy atom. The Bertz CT molecular complexity index is 533. The summed E-state index contributed by atoms with van der Waals surface area (Å²) in [6, 6.07) is 0. The van der Waals surface area contributed by atoms with Crippen LogP contribution in [0, 0.1) is 6.92 Å². The molecule has 0 bridgehead atoms. The third-order valence-corrected chi connectivity index (χ3v) is 3.09. The second-order valence-corrected chi connectivity index (χ2v) is 4.78. The third-order valence-electron chi connectivity index (χ3n) is 3.09. The lowest BCUT2D eigenvalue weighted by atomic mass is 10.4. The molecule has 0 radical (unpaired) electrons. The number of anilines is 1. The van der Waals surface area contributed by atoms with Crippen molar-refractivity contribution >= 4 is 5.95 Å². The maximum atomic E-state index is 5.04. The third kappa shape index (κ3) is 3.80. The summed E-state index contributed by atoms with van der Waals surface area (Å²) < 4.78 is 9.10. The summed E-state index contributed by atoms with van der Waals surface area (Å²) >= 11 is 0. The van der Waals surface area contributed by atoms with E-state index in [0.717, 1.165) is 50.0 Å². The van der Waals surface area contributed by atoms with Crippen molar-refractivity contribution in [2.45, 2.75) is 26.3 Å². The molecule has 20 heavy (non-hydrogen) atoms. The first-order valence-corrected chi connectivity index (χ1v) is 6.80. The molecule has 0 aliphatic heterocycles. The summed E-state index contributed by atoms with van der Waals surface area (Å²) in [5, 5.41) is 11.3. The van der Waals surface area contributed by atoms with Crippen LogP contribution in [0.25, 0.3) is 0 Å². The van der Waals surface area contributed by atoms with Gasteiger partial charge in [0.2, 0.25) is 5.95 Å². The smallest absolute Gasteiger partial charge is 0.203 e. The van der Waals surface area contributed by atoms with E-state index in [9.17, 15) is 0 Å². The van der Waals surface area contributed by atoms with E-state index in [-0.39, 0.29) is 0 Å². The summed E-state index contributed by atoms with van der Waals surface area (Å²) in [5.74, 6) is 1.88. The van der Waals surface area contributed by atoms with Crippen LogP contribution in [0.2, 0.25) is 0 Å². The van der Waals surface area contributed by atoms with E-state index < -0.39 is 0 Å². The van der Waals surface area contributed by atoms with Crippen LogP contribution in [0.4, 0.5) is 5.95 Å². The average Bonchev–Trinajstić information content (AvgIpc) is 2.98. The van der Waals surface area contributed by atoms with Crippen molar-refractivity contribution in [1.82, 2.24) is 24.3 Å². The topological polar surface area (TPSA) is 69.8 Å². The van der Waals surface area contributed by atoms with Gasteiger partial charge in [0.05, 0.1) is 5.69 Å². The first-order chi connectivity index (χ1) is 9.70. The van der Waals surface area contributed by atoms with Crippen LogP contribution in [0.1, 0.15) is 17.9 Å². The van der Waals surface area contributed by atoms with Crippen LogP contribution >= 0.6 is 0 Å². The van der Waals surface area contributed by atoms with Gasteiger partial charge in [-0.15, -0.1) is 10.2 Å². The summed E-state index contributed by atoms with van der Waals surface area (Å²) in [4.78, 5) is 4.50. The zero-order valence-corrected chi connectivity index (χ0v) is 12.3. The van der Waals surface area contributed by atoms with Gasteiger partial charge in [0.25, 0.3) is 0 Å². The number of hydrogen-bond acceptors (Lipinski definition) is 5. The molecule has 0 fully saturated rings. The second-order valence-electron chi connectivity index (χ2n) is 4.78. The molecule has 2 aromatic rings. The van der Waals surface area contributed by atoms with Crippen LogP contribution in [0.15, 0.2) is 12.5 Å². The molecule has 0 saturated heterocycles. The zero-order valence-electron chi connectivity index (χ0n) is 12.3. The molecule has 0 unspecified atom stereocenters. The van der Waals surface area contributed by atoms with Gasteiger partial charge in [0, 0.05) is 46.5 Å². The highest BCUT2D eigenvalue weighted by Gasteiger charge is 2.07. The van der Waals surface area contributed by atoms with Gasteiger partial charge in [-0.3, -0.25) is 0 Å². The van der Waals surface area contributed by atoms with E-state index in [0.29, 0.717) is 0 Å². The number of nitrogens with zero attached hydrogens (tertiary/aromatic N) is 5. The number of nitrogens with one attached hydrogen (secondary N) is 1. The van der Waals surface area contributed by atoms with Crippen molar-refractivity contribution < 1.29 is 4.74 Å². The SMILES string of the molecule is COCCCNc1nc(C)cn1CCc1nncn1C. The molecule has 110 valence electrons. The largest absolute Gasteiger partial charge is 0.385 e. The minimum absolute atomic E-state index is 0.756. The van der Waals surface area contributed by atoms with E-state index in [1.54, 1.807) is 13.4 Å². The fourth-order valence-electron chi connectivity index (χ4n) is 2.03. The van der Waals surface area contributed by atoms with Crippen LogP contribution in [0.5, 0.6) is 0 Å². The highest BCUT2D eigenvalue weighted by atomic mass is 16.5. The van der Waals surface area contributed by atoms with E-state index in [4.69, 9.17) is 4.74 Å². The number of ether oxygens (including phenoxy) is 1. The highest BCUT2D eigenvalue weighted by molar-refractivity contribution is 5.28. The van der Waals surface area contributed by atoms with Gasteiger partial charge >= 0.3 is 0 Å². The summed E-state index contributed by atoms with van der Waals surface area (Å²) in [7, 11) is 3.67. The Morgan fingerprint density at radius 2 is 2.25 bits per heavy atom. The Hall–Kier alpha value is -1.89. The van der Waals surface area contributed by atoms with E-state index >= 15 is 0 Å². The molecular formula is C13H22N6O. The fraction of sp³-hybridized carbons (Fsp3) is 0.615. The molecule has 7 heteroatoms. The number of aromatic nitrogens is 5. The molecule has 2 aromatic heterocycles. The van der Waals surface area contributed by atoms with Crippen LogP contribution in [-0.2, 0) is 24.8 Å². The lowest BCUT2D eigenvalue weighted by Gasteiger charge is -2.09. The standard InChI is InChI=1S/C13H22N6O/c1-11-9-19(7-5-12-17-15-10-18(12)2)13(16-11)14-6-4-8-20-3/h9-10H,4-8H2,1-3H3,(H,14,16). The molecule has 0 spiro atoms. The molecule has 0 aliphatic rings. The van der Waals surface area contributed by atoms with Crippen LogP contribution in [-0.4, -0.2) is 44.6 Å². The van der Waals surface area contributed by atoms with Crippen LogP contribution in [0.3, 0.4) is 0 Å². The second kappa shape index (κ2) is 7.04. The molecule has 2 rings (SSSR count). The quantitative estimate of drug-likeness (QED) is 0.730. The number of aryl methyl sites for hydroxylation is 4. The van der Waals surface area contributed by atoms with Gasteiger partial charge in [-0.2, -0.15) is 0 Å². The molecule has 1 N–H and O–H groups in total. The molecule has 2 heterocycles. The van der Waals surface area contributed by atoms with Gasteiger partial charge in [-0.25, -0.2) is 4.98 Å². The molecule has 0 aromatic carbocycles. The Kier molecular flexibility index (Phi) is 5.11.